The highest BCUT2D eigenvalue weighted by atomic mass is 79.9. The smallest absolute Gasteiger partial charge is 0.254 e. The van der Waals surface area contributed by atoms with Crippen LogP contribution in [0.5, 0.6) is 5.75 Å². The summed E-state index contributed by atoms with van der Waals surface area (Å²) in [6, 6.07) is 9.87. The van der Waals surface area contributed by atoms with Crippen LogP contribution in [0.15, 0.2) is 45.9 Å². The minimum absolute atomic E-state index is 0.223. The number of hydrogen-bond donors (Lipinski definition) is 4. The minimum Gasteiger partial charge on any atom is -0.491 e. The predicted molar refractivity (Wildman–Crippen MR) is 139 cm³/mol. The van der Waals surface area contributed by atoms with E-state index in [2.05, 4.69) is 46.4 Å². The van der Waals surface area contributed by atoms with Crippen LogP contribution in [0.1, 0.15) is 17.5 Å². The van der Waals surface area contributed by atoms with E-state index in [1.165, 1.54) is 6.34 Å². The van der Waals surface area contributed by atoms with E-state index in [1.807, 2.05) is 51.4 Å². The summed E-state index contributed by atoms with van der Waals surface area (Å²) >= 11 is 3.43. The van der Waals surface area contributed by atoms with E-state index in [-0.39, 0.29) is 5.95 Å². The Bertz CT molecular complexity index is 1290. The first-order valence-corrected chi connectivity index (χ1v) is 11.9. The van der Waals surface area contributed by atoms with Gasteiger partial charge in [-0.3, -0.25) is 19.9 Å². The van der Waals surface area contributed by atoms with Crippen molar-refractivity contribution in [2.75, 3.05) is 32.6 Å². The number of amides is 2. The van der Waals surface area contributed by atoms with Gasteiger partial charge in [-0.25, -0.2) is 4.98 Å². The molecule has 1 aliphatic heterocycles. The van der Waals surface area contributed by atoms with Gasteiger partial charge in [0.15, 0.2) is 11.6 Å². The standard InChI is InChI=1S/C24H28BrN7O3/c1-14-8-9-15(25)12-16(14)24(22(26)34)20(27-13-28-24)21(33)31-23-29-17-6-4-7-18(19(17)30-23)35-11-5-10-32(2)3/h4,6-9,12-13,20H,5,10-11H2,1-3H3,(H2,26,34)(H,27,28)(H2,29,30,31,33). The van der Waals surface area contributed by atoms with E-state index in [0.717, 1.165) is 23.0 Å². The molecule has 0 radical (unpaired) electrons. The van der Waals surface area contributed by atoms with Crippen LogP contribution >= 0.6 is 15.9 Å². The number of aryl methyl sites for hydroxylation is 1. The van der Waals surface area contributed by atoms with Crippen molar-refractivity contribution >= 4 is 51.1 Å². The molecule has 35 heavy (non-hydrogen) atoms. The fourth-order valence-corrected chi connectivity index (χ4v) is 4.54. The fourth-order valence-electron chi connectivity index (χ4n) is 4.18. The third kappa shape index (κ3) is 4.87. The molecule has 0 saturated carbocycles. The Morgan fingerprint density at radius 2 is 2.09 bits per heavy atom. The van der Waals surface area contributed by atoms with Crippen LogP contribution in [0.25, 0.3) is 11.0 Å². The molecule has 2 heterocycles. The number of para-hydroxylation sites is 1. The molecule has 2 aromatic carbocycles. The number of halogens is 1. The predicted octanol–water partition coefficient (Wildman–Crippen LogP) is 2.28. The van der Waals surface area contributed by atoms with Crippen molar-refractivity contribution in [2.45, 2.75) is 24.9 Å². The van der Waals surface area contributed by atoms with E-state index in [9.17, 15) is 9.59 Å². The zero-order chi connectivity index (χ0) is 25.2. The zero-order valence-corrected chi connectivity index (χ0v) is 21.3. The number of imidazole rings is 1. The number of hydrogen-bond acceptors (Lipinski definition) is 7. The van der Waals surface area contributed by atoms with Gasteiger partial charge < -0.3 is 25.7 Å². The number of benzene rings is 2. The highest BCUT2D eigenvalue weighted by Crippen LogP contribution is 2.35. The number of aromatic amines is 1. The Hall–Kier alpha value is -3.44. The van der Waals surface area contributed by atoms with E-state index < -0.39 is 23.4 Å². The summed E-state index contributed by atoms with van der Waals surface area (Å²) < 4.78 is 6.67. The Balaban J connectivity index is 1.58. The topological polar surface area (TPSA) is 138 Å². The number of anilines is 1. The van der Waals surface area contributed by atoms with Crippen LogP contribution in [-0.4, -0.2) is 66.3 Å². The van der Waals surface area contributed by atoms with Crippen LogP contribution < -0.4 is 21.1 Å². The normalized spacial score (nSPS) is 19.2. The van der Waals surface area contributed by atoms with Crippen LogP contribution in [-0.2, 0) is 15.1 Å². The van der Waals surface area contributed by atoms with Gasteiger partial charge in [0.05, 0.1) is 18.5 Å². The highest BCUT2D eigenvalue weighted by molar-refractivity contribution is 9.10. The van der Waals surface area contributed by atoms with Crippen LogP contribution in [0.2, 0.25) is 0 Å². The van der Waals surface area contributed by atoms with Crippen LogP contribution in [0, 0.1) is 6.92 Å². The lowest BCUT2D eigenvalue weighted by atomic mass is 9.80. The number of fused-ring (bicyclic) bond motifs is 1. The number of nitrogens with one attached hydrogen (secondary N) is 3. The third-order valence-corrected chi connectivity index (χ3v) is 6.41. The minimum atomic E-state index is -1.54. The molecule has 0 fully saturated rings. The first kappa shape index (κ1) is 24.7. The molecule has 3 aromatic rings. The van der Waals surface area contributed by atoms with Gasteiger partial charge in [-0.2, -0.15) is 0 Å². The quantitative estimate of drug-likeness (QED) is 0.306. The molecule has 184 valence electrons. The molecule has 2 amide bonds. The van der Waals surface area contributed by atoms with Gasteiger partial charge >= 0.3 is 0 Å². The average molecular weight is 542 g/mol. The number of primary amides is 1. The second-order valence-electron chi connectivity index (χ2n) is 8.69. The maximum absolute atomic E-state index is 13.4. The third-order valence-electron chi connectivity index (χ3n) is 5.91. The van der Waals surface area contributed by atoms with E-state index in [4.69, 9.17) is 10.5 Å². The number of ether oxygens (including phenoxy) is 1. The molecule has 2 unspecified atom stereocenters. The van der Waals surface area contributed by atoms with Crippen LogP contribution in [0.3, 0.4) is 0 Å². The van der Waals surface area contributed by atoms with Gasteiger partial charge in [-0.05, 0) is 62.8 Å². The number of rotatable bonds is 9. The lowest BCUT2D eigenvalue weighted by Crippen LogP contribution is -2.59. The molecule has 0 aliphatic carbocycles. The lowest BCUT2D eigenvalue weighted by molar-refractivity contribution is -0.129. The largest absolute Gasteiger partial charge is 0.491 e. The molecule has 4 rings (SSSR count). The number of nitrogens with two attached hydrogens (primary N) is 1. The molecule has 10 nitrogen and oxygen atoms in total. The molecule has 1 aliphatic rings. The van der Waals surface area contributed by atoms with Crippen LogP contribution in [0.4, 0.5) is 5.95 Å². The summed E-state index contributed by atoms with van der Waals surface area (Å²) in [6.07, 6.45) is 2.21. The first-order chi connectivity index (χ1) is 16.7. The second-order valence-corrected chi connectivity index (χ2v) is 9.60. The maximum Gasteiger partial charge on any atom is 0.254 e. The van der Waals surface area contributed by atoms with Gasteiger partial charge in [-0.1, -0.05) is 28.1 Å². The van der Waals surface area contributed by atoms with Gasteiger partial charge in [0.1, 0.15) is 11.3 Å². The van der Waals surface area contributed by atoms with Crippen molar-refractivity contribution in [3.05, 3.63) is 52.0 Å². The van der Waals surface area contributed by atoms with Crippen molar-refractivity contribution in [1.29, 1.82) is 0 Å². The van der Waals surface area contributed by atoms with E-state index >= 15 is 0 Å². The summed E-state index contributed by atoms with van der Waals surface area (Å²) in [4.78, 5) is 40.1. The van der Waals surface area contributed by atoms with Crippen molar-refractivity contribution in [2.24, 2.45) is 10.7 Å². The average Bonchev–Trinajstić information content (AvgIpc) is 3.43. The number of nitrogens with zero attached hydrogens (tertiary/aromatic N) is 3. The Labute approximate surface area is 211 Å². The Kier molecular flexibility index (Phi) is 7.08. The summed E-state index contributed by atoms with van der Waals surface area (Å²) in [5, 5.41) is 5.70. The lowest BCUT2D eigenvalue weighted by Gasteiger charge is -2.32. The molecule has 11 heteroatoms. The van der Waals surface area contributed by atoms with Gasteiger partial charge in [0.2, 0.25) is 5.95 Å². The van der Waals surface area contributed by atoms with Gasteiger partial charge in [0.25, 0.3) is 11.8 Å². The Morgan fingerprint density at radius 3 is 2.83 bits per heavy atom. The van der Waals surface area contributed by atoms with Crippen molar-refractivity contribution in [3.8, 4) is 5.75 Å². The SMILES string of the molecule is Cc1ccc(Br)cc1C1(C(N)=O)NC=NC1C(=O)Nc1nc2c(OCCCN(C)C)cccc2[nH]1. The summed E-state index contributed by atoms with van der Waals surface area (Å²) in [6.45, 7) is 3.30. The zero-order valence-electron chi connectivity index (χ0n) is 19.8. The van der Waals surface area contributed by atoms with E-state index in [1.54, 1.807) is 6.07 Å². The molecule has 2 atom stereocenters. The monoisotopic (exact) mass is 541 g/mol. The van der Waals surface area contributed by atoms with E-state index in [0.29, 0.717) is 29.0 Å². The number of aliphatic imine (C=N–C) groups is 1. The number of aromatic nitrogens is 2. The maximum atomic E-state index is 13.4. The van der Waals surface area contributed by atoms with Gasteiger partial charge in [-0.15, -0.1) is 0 Å². The van der Waals surface area contributed by atoms with Crippen molar-refractivity contribution < 1.29 is 14.3 Å². The number of carbonyl (C=O) groups excluding carboxylic acids is 2. The summed E-state index contributed by atoms with van der Waals surface area (Å²) in [7, 11) is 4.02. The van der Waals surface area contributed by atoms with Gasteiger partial charge in [0, 0.05) is 11.0 Å². The molecule has 0 spiro atoms. The highest BCUT2D eigenvalue weighted by Gasteiger charge is 2.53. The molecule has 0 saturated heterocycles. The molecular formula is C24H28BrN7O3. The molecule has 5 N–H and O–H groups in total. The van der Waals surface area contributed by atoms with Crippen molar-refractivity contribution in [1.82, 2.24) is 20.2 Å². The Morgan fingerprint density at radius 1 is 1.29 bits per heavy atom. The van der Waals surface area contributed by atoms with Crippen molar-refractivity contribution in [3.63, 3.8) is 0 Å². The molecular weight excluding hydrogens is 514 g/mol. The first-order valence-electron chi connectivity index (χ1n) is 11.2. The number of carbonyl (C=O) groups is 2. The summed E-state index contributed by atoms with van der Waals surface area (Å²) in [5.41, 5.74) is 6.98. The molecule has 0 bridgehead atoms. The second kappa shape index (κ2) is 10.0. The number of H-pyrrole nitrogens is 1. The summed E-state index contributed by atoms with van der Waals surface area (Å²) in [5.74, 6) is -0.401. The molecule has 1 aromatic heterocycles. The fraction of sp³-hybridized carbons (Fsp3) is 0.333.